The summed E-state index contributed by atoms with van der Waals surface area (Å²) in [6, 6.07) is 3.30. The van der Waals surface area contributed by atoms with E-state index in [9.17, 15) is 17.6 Å². The summed E-state index contributed by atoms with van der Waals surface area (Å²) in [5.41, 5.74) is 5.49. The SMILES string of the molecule is Nc1ccc(OC(F)(Cl)C(F)(F)F)c(Cl)c1. The number of hydrogen-bond acceptors (Lipinski definition) is 2. The van der Waals surface area contributed by atoms with E-state index in [1.54, 1.807) is 0 Å². The van der Waals surface area contributed by atoms with E-state index < -0.39 is 17.2 Å². The summed E-state index contributed by atoms with van der Waals surface area (Å²) in [5, 5.41) is -4.60. The number of rotatable bonds is 2. The Kier molecular flexibility index (Phi) is 3.44. The molecule has 1 unspecified atom stereocenters. The fourth-order valence-corrected chi connectivity index (χ4v) is 1.11. The lowest BCUT2D eigenvalue weighted by Gasteiger charge is -2.22. The van der Waals surface area contributed by atoms with Crippen molar-refractivity contribution in [1.29, 1.82) is 0 Å². The van der Waals surface area contributed by atoms with Gasteiger partial charge < -0.3 is 10.5 Å². The van der Waals surface area contributed by atoms with Gasteiger partial charge in [-0.15, -0.1) is 0 Å². The third-order valence-electron chi connectivity index (χ3n) is 1.52. The van der Waals surface area contributed by atoms with Gasteiger partial charge in [-0.3, -0.25) is 0 Å². The van der Waals surface area contributed by atoms with Crippen molar-refractivity contribution in [2.24, 2.45) is 0 Å². The zero-order chi connectivity index (χ0) is 12.6. The summed E-state index contributed by atoms with van der Waals surface area (Å²) in [6.07, 6.45) is -5.38. The first-order valence-corrected chi connectivity index (χ1v) is 4.57. The minimum Gasteiger partial charge on any atom is -0.437 e. The third-order valence-corrected chi connectivity index (χ3v) is 2.11. The Bertz CT molecular complexity index is 394. The van der Waals surface area contributed by atoms with Crippen LogP contribution in [0.4, 0.5) is 23.2 Å². The molecule has 1 atom stereocenters. The summed E-state index contributed by atoms with van der Waals surface area (Å²) < 4.78 is 52.9. The molecule has 0 saturated heterocycles. The largest absolute Gasteiger partial charge is 0.477 e. The molecule has 0 amide bonds. The molecule has 1 rings (SSSR count). The van der Waals surface area contributed by atoms with Crippen LogP contribution in [-0.2, 0) is 0 Å². The summed E-state index contributed by atoms with van der Waals surface area (Å²) in [4.78, 5) is 0. The van der Waals surface area contributed by atoms with Crippen molar-refractivity contribution in [3.63, 3.8) is 0 Å². The van der Waals surface area contributed by atoms with E-state index in [0.717, 1.165) is 12.1 Å². The van der Waals surface area contributed by atoms with Gasteiger partial charge in [0.25, 0.3) is 0 Å². The van der Waals surface area contributed by atoms with Gasteiger partial charge in [-0.2, -0.15) is 17.6 Å². The molecule has 2 nitrogen and oxygen atoms in total. The van der Waals surface area contributed by atoms with Gasteiger partial charge in [-0.05, 0) is 29.8 Å². The van der Waals surface area contributed by atoms with E-state index in [1.807, 2.05) is 0 Å². The minimum absolute atomic E-state index is 0.198. The van der Waals surface area contributed by atoms with Crippen LogP contribution in [0.15, 0.2) is 18.2 Å². The molecule has 0 fully saturated rings. The van der Waals surface area contributed by atoms with Crippen LogP contribution in [0.3, 0.4) is 0 Å². The molecule has 0 bridgehead atoms. The number of nitrogen functional groups attached to an aromatic ring is 1. The van der Waals surface area contributed by atoms with Crippen molar-refractivity contribution in [2.45, 2.75) is 11.5 Å². The maximum absolute atomic E-state index is 12.9. The average molecular weight is 278 g/mol. The first kappa shape index (κ1) is 13.2. The maximum Gasteiger partial charge on any atom is 0.477 e. The van der Waals surface area contributed by atoms with E-state index >= 15 is 0 Å². The van der Waals surface area contributed by atoms with Gasteiger partial charge in [0.15, 0.2) is 0 Å². The van der Waals surface area contributed by atoms with Gasteiger partial charge in [-0.1, -0.05) is 11.6 Å². The highest BCUT2D eigenvalue weighted by Gasteiger charge is 2.58. The van der Waals surface area contributed by atoms with Crippen molar-refractivity contribution in [3.8, 4) is 5.75 Å². The number of benzene rings is 1. The summed E-state index contributed by atoms with van der Waals surface area (Å²) >= 11 is 10.0. The molecule has 0 saturated carbocycles. The van der Waals surface area contributed by atoms with Gasteiger partial charge in [0.2, 0.25) is 0 Å². The van der Waals surface area contributed by atoms with Crippen molar-refractivity contribution in [3.05, 3.63) is 23.2 Å². The second-order valence-electron chi connectivity index (χ2n) is 2.81. The molecule has 16 heavy (non-hydrogen) atoms. The Morgan fingerprint density at radius 2 is 1.75 bits per heavy atom. The second kappa shape index (κ2) is 4.18. The Morgan fingerprint density at radius 3 is 2.19 bits per heavy atom. The van der Waals surface area contributed by atoms with Crippen LogP contribution >= 0.6 is 23.2 Å². The first-order chi connectivity index (χ1) is 7.13. The predicted molar refractivity (Wildman–Crippen MR) is 52.2 cm³/mol. The van der Waals surface area contributed by atoms with Crippen molar-refractivity contribution < 1.29 is 22.3 Å². The van der Waals surface area contributed by atoms with E-state index in [2.05, 4.69) is 16.3 Å². The molecule has 2 N–H and O–H groups in total. The molecule has 1 aromatic carbocycles. The van der Waals surface area contributed by atoms with Gasteiger partial charge in [0.1, 0.15) is 5.75 Å². The molecule has 0 aliphatic carbocycles. The number of ether oxygens (including phenoxy) is 1. The summed E-state index contributed by atoms with van der Waals surface area (Å²) in [5.74, 6) is -0.550. The predicted octanol–water partition coefficient (Wildman–Crippen LogP) is 3.73. The highest BCUT2D eigenvalue weighted by molar-refractivity contribution is 6.32. The summed E-state index contributed by atoms with van der Waals surface area (Å²) in [6.45, 7) is 0. The van der Waals surface area contributed by atoms with Crippen molar-refractivity contribution in [2.75, 3.05) is 5.73 Å². The molecule has 0 aromatic heterocycles. The van der Waals surface area contributed by atoms with E-state index in [1.165, 1.54) is 6.07 Å². The Labute approximate surface area is 97.9 Å². The van der Waals surface area contributed by atoms with E-state index in [-0.39, 0.29) is 10.7 Å². The van der Waals surface area contributed by atoms with Crippen LogP contribution in [0.1, 0.15) is 0 Å². The Morgan fingerprint density at radius 1 is 1.19 bits per heavy atom. The molecule has 0 spiro atoms. The van der Waals surface area contributed by atoms with Gasteiger partial charge in [0, 0.05) is 5.69 Å². The number of hydrogen-bond donors (Lipinski definition) is 1. The van der Waals surface area contributed by atoms with Crippen LogP contribution in [-0.4, -0.2) is 11.5 Å². The topological polar surface area (TPSA) is 35.2 Å². The highest BCUT2D eigenvalue weighted by atomic mass is 35.5. The lowest BCUT2D eigenvalue weighted by atomic mass is 10.3. The quantitative estimate of drug-likeness (QED) is 0.508. The molecule has 0 heterocycles. The van der Waals surface area contributed by atoms with E-state index in [0.29, 0.717) is 0 Å². The van der Waals surface area contributed by atoms with Gasteiger partial charge in [0.05, 0.1) is 5.02 Å². The minimum atomic E-state index is -5.38. The standard InChI is InChI=1S/C8H5Cl2F4NO/c9-5-3-4(15)1-2-6(5)16-7(10,11)8(12,13)14/h1-3H,15H2. The van der Waals surface area contributed by atoms with Crippen LogP contribution in [0.5, 0.6) is 5.75 Å². The lowest BCUT2D eigenvalue weighted by Crippen LogP contribution is -2.40. The smallest absolute Gasteiger partial charge is 0.437 e. The fraction of sp³-hybridized carbons (Fsp3) is 0.250. The number of anilines is 1. The molecule has 0 aliphatic heterocycles. The monoisotopic (exact) mass is 277 g/mol. The maximum atomic E-state index is 12.9. The van der Waals surface area contributed by atoms with Crippen molar-refractivity contribution >= 4 is 28.9 Å². The zero-order valence-corrected chi connectivity index (χ0v) is 9.00. The van der Waals surface area contributed by atoms with E-state index in [4.69, 9.17) is 17.3 Å². The van der Waals surface area contributed by atoms with Gasteiger partial charge >= 0.3 is 11.5 Å². The summed E-state index contributed by atoms with van der Waals surface area (Å²) in [7, 11) is 0. The number of nitrogens with two attached hydrogens (primary N) is 1. The van der Waals surface area contributed by atoms with Crippen LogP contribution in [0.25, 0.3) is 0 Å². The lowest BCUT2D eigenvalue weighted by molar-refractivity contribution is -0.260. The molecule has 8 heteroatoms. The molecular weight excluding hydrogens is 273 g/mol. The molecule has 90 valence electrons. The molecule has 0 radical (unpaired) electrons. The highest BCUT2D eigenvalue weighted by Crippen LogP contribution is 2.41. The zero-order valence-electron chi connectivity index (χ0n) is 7.49. The normalized spacial score (nSPS) is 15.6. The second-order valence-corrected chi connectivity index (χ2v) is 3.70. The number of alkyl halides is 5. The van der Waals surface area contributed by atoms with Crippen molar-refractivity contribution in [1.82, 2.24) is 0 Å². The van der Waals surface area contributed by atoms with Crippen LogP contribution in [0, 0.1) is 0 Å². The first-order valence-electron chi connectivity index (χ1n) is 3.82. The Balaban J connectivity index is 2.97. The van der Waals surface area contributed by atoms with Crippen LogP contribution in [0.2, 0.25) is 5.02 Å². The molecule has 0 aliphatic rings. The van der Waals surface area contributed by atoms with Gasteiger partial charge in [-0.25, -0.2) is 0 Å². The Hall–Kier alpha value is -0.880. The molecule has 1 aromatic rings. The fourth-order valence-electron chi connectivity index (χ4n) is 0.796. The average Bonchev–Trinajstić information content (AvgIpc) is 2.08. The number of halogens is 6. The molecular formula is C8H5Cl2F4NO. The van der Waals surface area contributed by atoms with Crippen LogP contribution < -0.4 is 10.5 Å². The third kappa shape index (κ3) is 2.82.